The lowest BCUT2D eigenvalue weighted by molar-refractivity contribution is -0.143. The number of halogens is 3. The van der Waals surface area contributed by atoms with E-state index in [2.05, 4.69) is 10.4 Å². The van der Waals surface area contributed by atoms with E-state index < -0.39 is 18.7 Å². The van der Waals surface area contributed by atoms with Crippen molar-refractivity contribution in [2.75, 3.05) is 6.54 Å². The van der Waals surface area contributed by atoms with Gasteiger partial charge in [-0.15, -0.1) is 0 Å². The molecular weight excluding hydrogens is 315 g/mol. The number of hydrogen-bond acceptors (Lipinski definition) is 3. The zero-order valence-corrected chi connectivity index (χ0v) is 13.2. The number of rotatable bonds is 7. The van der Waals surface area contributed by atoms with Crippen LogP contribution in [0.25, 0.3) is 0 Å². The number of hydrogen-bond donors (Lipinski definition) is 2. The highest BCUT2D eigenvalue weighted by atomic mass is 19.4. The average molecular weight is 335 g/mol. The molecule has 0 saturated heterocycles. The van der Waals surface area contributed by atoms with E-state index in [1.54, 1.807) is 13.8 Å². The van der Waals surface area contributed by atoms with E-state index in [1.165, 1.54) is 6.92 Å². The first-order valence-corrected chi connectivity index (χ1v) is 7.07. The Morgan fingerprint density at radius 2 is 1.96 bits per heavy atom. The number of carboxylic acid groups (broad SMARTS) is 1. The van der Waals surface area contributed by atoms with Crippen molar-refractivity contribution in [3.8, 4) is 0 Å². The van der Waals surface area contributed by atoms with Crippen molar-refractivity contribution < 1.29 is 27.9 Å². The normalized spacial score (nSPS) is 13.0. The predicted octanol–water partition coefficient (Wildman–Crippen LogP) is 1.83. The number of aliphatic carboxylic acids is 1. The van der Waals surface area contributed by atoms with Crippen molar-refractivity contribution in [3.63, 3.8) is 0 Å². The Hall–Kier alpha value is -2.06. The molecule has 0 fully saturated rings. The monoisotopic (exact) mass is 335 g/mol. The molecule has 0 aliphatic carbocycles. The molecule has 1 aromatic rings. The summed E-state index contributed by atoms with van der Waals surface area (Å²) in [5, 5.41) is 15.0. The fraction of sp³-hybridized carbons (Fsp3) is 0.643. The first-order valence-electron chi connectivity index (χ1n) is 7.07. The van der Waals surface area contributed by atoms with Gasteiger partial charge in [0.1, 0.15) is 6.54 Å². The number of amides is 1. The fourth-order valence-electron chi connectivity index (χ4n) is 2.19. The number of carbonyl (C=O) groups excluding carboxylic acids is 1. The minimum absolute atomic E-state index is 0.0676. The van der Waals surface area contributed by atoms with Crippen molar-refractivity contribution in [1.29, 1.82) is 0 Å². The molecule has 9 heteroatoms. The molecular formula is C14H20F3N3O3. The maximum Gasteiger partial charge on any atom is 0.408 e. The second-order valence-electron chi connectivity index (χ2n) is 5.61. The van der Waals surface area contributed by atoms with E-state index in [1.807, 2.05) is 0 Å². The third-order valence-electron chi connectivity index (χ3n) is 3.37. The maximum atomic E-state index is 12.5. The van der Waals surface area contributed by atoms with Gasteiger partial charge in [0.15, 0.2) is 0 Å². The number of aromatic nitrogens is 2. The molecule has 130 valence electrons. The van der Waals surface area contributed by atoms with Gasteiger partial charge < -0.3 is 10.4 Å². The van der Waals surface area contributed by atoms with Gasteiger partial charge in [-0.1, -0.05) is 6.92 Å². The van der Waals surface area contributed by atoms with Crippen molar-refractivity contribution >= 4 is 11.9 Å². The van der Waals surface area contributed by atoms with E-state index in [4.69, 9.17) is 5.11 Å². The predicted molar refractivity (Wildman–Crippen MR) is 75.9 cm³/mol. The molecule has 0 bridgehead atoms. The van der Waals surface area contributed by atoms with Crippen LogP contribution < -0.4 is 5.32 Å². The summed E-state index contributed by atoms with van der Waals surface area (Å²) in [6, 6.07) is 0. The second kappa shape index (κ2) is 7.47. The lowest BCUT2D eigenvalue weighted by Crippen LogP contribution is -2.30. The molecule has 1 rings (SSSR count). The van der Waals surface area contributed by atoms with Crippen LogP contribution in [0.4, 0.5) is 13.2 Å². The Bertz CT molecular complexity index is 582. The zero-order valence-electron chi connectivity index (χ0n) is 13.2. The molecule has 0 saturated carbocycles. The van der Waals surface area contributed by atoms with Gasteiger partial charge in [0.2, 0.25) is 5.91 Å². The molecule has 1 aromatic heterocycles. The van der Waals surface area contributed by atoms with Gasteiger partial charge in [0, 0.05) is 24.2 Å². The van der Waals surface area contributed by atoms with Gasteiger partial charge in [-0.3, -0.25) is 14.3 Å². The van der Waals surface area contributed by atoms with Gasteiger partial charge in [-0.25, -0.2) is 0 Å². The van der Waals surface area contributed by atoms with Crippen LogP contribution in [0.5, 0.6) is 0 Å². The molecule has 1 heterocycles. The molecule has 0 aromatic carbocycles. The van der Waals surface area contributed by atoms with Crippen LogP contribution in [0.3, 0.4) is 0 Å². The number of carbonyl (C=O) groups is 2. The molecule has 1 amide bonds. The van der Waals surface area contributed by atoms with Gasteiger partial charge in [-0.05, 0) is 19.8 Å². The first-order chi connectivity index (χ1) is 10.5. The summed E-state index contributed by atoms with van der Waals surface area (Å²) in [4.78, 5) is 22.4. The number of alkyl halides is 3. The molecule has 0 spiro atoms. The van der Waals surface area contributed by atoms with Gasteiger partial charge in [-0.2, -0.15) is 18.3 Å². The highest BCUT2D eigenvalue weighted by Crippen LogP contribution is 2.21. The molecule has 0 radical (unpaired) electrons. The number of nitrogens with one attached hydrogen (secondary N) is 1. The van der Waals surface area contributed by atoms with E-state index >= 15 is 0 Å². The lowest BCUT2D eigenvalue weighted by atomic mass is 10.1. The Morgan fingerprint density at radius 3 is 2.48 bits per heavy atom. The van der Waals surface area contributed by atoms with Crippen LogP contribution >= 0.6 is 0 Å². The van der Waals surface area contributed by atoms with Crippen LogP contribution in [0.2, 0.25) is 0 Å². The highest BCUT2D eigenvalue weighted by molar-refractivity contribution is 5.79. The second-order valence-corrected chi connectivity index (χ2v) is 5.61. The van der Waals surface area contributed by atoms with Crippen LogP contribution in [-0.4, -0.2) is 39.5 Å². The zero-order chi connectivity index (χ0) is 17.8. The topological polar surface area (TPSA) is 84.2 Å². The van der Waals surface area contributed by atoms with Gasteiger partial charge >= 0.3 is 12.1 Å². The average Bonchev–Trinajstić information content (AvgIpc) is 2.61. The Morgan fingerprint density at radius 1 is 1.35 bits per heavy atom. The summed E-state index contributed by atoms with van der Waals surface area (Å²) in [7, 11) is 0. The maximum absolute atomic E-state index is 12.5. The van der Waals surface area contributed by atoms with Crippen molar-refractivity contribution in [2.45, 2.75) is 46.3 Å². The third-order valence-corrected chi connectivity index (χ3v) is 3.37. The van der Waals surface area contributed by atoms with Crippen LogP contribution in [0, 0.1) is 19.8 Å². The Balaban J connectivity index is 2.66. The lowest BCUT2D eigenvalue weighted by Gasteiger charge is -2.11. The van der Waals surface area contributed by atoms with Gasteiger partial charge in [0.05, 0.1) is 12.1 Å². The van der Waals surface area contributed by atoms with Crippen LogP contribution in [0.15, 0.2) is 0 Å². The first kappa shape index (κ1) is 19.0. The smallest absolute Gasteiger partial charge is 0.408 e. The highest BCUT2D eigenvalue weighted by Gasteiger charge is 2.30. The van der Waals surface area contributed by atoms with Crippen LogP contribution in [0.1, 0.15) is 30.3 Å². The summed E-state index contributed by atoms with van der Waals surface area (Å²) in [5.41, 5.74) is 1.13. The van der Waals surface area contributed by atoms with Crippen molar-refractivity contribution in [1.82, 2.24) is 15.1 Å². The Labute approximate surface area is 131 Å². The molecule has 0 aliphatic heterocycles. The van der Waals surface area contributed by atoms with Crippen molar-refractivity contribution in [3.05, 3.63) is 17.0 Å². The standard InChI is InChI=1S/C14H20F3N3O3/c1-8(4-13(22)23)6-18-12(21)5-11-9(2)19-20(10(11)3)7-14(15,16)17/h8H,4-7H2,1-3H3,(H,18,21)(H,22,23). The molecule has 2 N–H and O–H groups in total. The molecule has 1 unspecified atom stereocenters. The van der Waals surface area contributed by atoms with Gasteiger partial charge in [0.25, 0.3) is 0 Å². The minimum Gasteiger partial charge on any atom is -0.481 e. The summed E-state index contributed by atoms with van der Waals surface area (Å²) < 4.78 is 38.2. The summed E-state index contributed by atoms with van der Waals surface area (Å²) in [6.45, 7) is 3.72. The molecule has 1 atom stereocenters. The van der Waals surface area contributed by atoms with E-state index in [0.29, 0.717) is 17.0 Å². The summed E-state index contributed by atoms with van der Waals surface area (Å²) in [6.07, 6.45) is -4.54. The third kappa shape index (κ3) is 6.29. The number of carboxylic acids is 1. The van der Waals surface area contributed by atoms with Crippen molar-refractivity contribution in [2.24, 2.45) is 5.92 Å². The van der Waals surface area contributed by atoms with E-state index in [0.717, 1.165) is 4.68 Å². The SMILES string of the molecule is Cc1nn(CC(F)(F)F)c(C)c1CC(=O)NCC(C)CC(=O)O. The Kier molecular flexibility index (Phi) is 6.17. The molecule has 6 nitrogen and oxygen atoms in total. The number of aryl methyl sites for hydroxylation is 1. The summed E-state index contributed by atoms with van der Waals surface area (Å²) >= 11 is 0. The van der Waals surface area contributed by atoms with E-state index in [-0.39, 0.29) is 31.2 Å². The largest absolute Gasteiger partial charge is 0.481 e. The minimum atomic E-state index is -4.38. The molecule has 23 heavy (non-hydrogen) atoms. The quantitative estimate of drug-likeness (QED) is 0.796. The number of nitrogens with zero attached hydrogens (tertiary/aromatic N) is 2. The van der Waals surface area contributed by atoms with E-state index in [9.17, 15) is 22.8 Å². The fourth-order valence-corrected chi connectivity index (χ4v) is 2.19. The van der Waals surface area contributed by atoms with Crippen LogP contribution in [-0.2, 0) is 22.6 Å². The summed E-state index contributed by atoms with van der Waals surface area (Å²) in [5.74, 6) is -1.56. The molecule has 0 aliphatic rings.